The highest BCUT2D eigenvalue weighted by atomic mass is 16.4. The minimum atomic E-state index is -1.55. The Morgan fingerprint density at radius 3 is 1.58 bits per heavy atom. The summed E-state index contributed by atoms with van der Waals surface area (Å²) in [5.41, 5.74) is 0. The quantitative estimate of drug-likeness (QED) is 0.366. The monoisotopic (exact) mass is 172 g/mol. The van der Waals surface area contributed by atoms with Gasteiger partial charge in [-0.1, -0.05) is 6.08 Å². The van der Waals surface area contributed by atoms with Crippen molar-refractivity contribution < 1.29 is 24.9 Å². The van der Waals surface area contributed by atoms with Crippen LogP contribution in [-0.2, 0) is 9.59 Å². The summed E-state index contributed by atoms with van der Waals surface area (Å²) in [4.78, 5) is 18.8. The van der Waals surface area contributed by atoms with Gasteiger partial charge in [-0.05, 0) is 12.2 Å². The third kappa shape index (κ3) is 23.8. The molecule has 68 valence electrons. The highest BCUT2D eigenvalue weighted by molar-refractivity contribution is 5.87. The molecule has 0 aliphatic carbocycles. The van der Waals surface area contributed by atoms with E-state index < -0.39 is 11.9 Å². The molecule has 5 heteroatoms. The van der Waals surface area contributed by atoms with Gasteiger partial charge < -0.3 is 24.9 Å². The fourth-order valence-corrected chi connectivity index (χ4v) is 0.136. The molecular weight excluding hydrogens is 164 g/mol. The summed E-state index contributed by atoms with van der Waals surface area (Å²) in [6, 6.07) is 0. The lowest BCUT2D eigenvalue weighted by molar-refractivity contribution is -0.301. The molecule has 1 N–H and O–H groups in total. The average molecular weight is 172 g/mol. The van der Waals surface area contributed by atoms with Crippen molar-refractivity contribution in [2.24, 2.45) is 0 Å². The van der Waals surface area contributed by atoms with E-state index in [0.29, 0.717) is 12.2 Å². The molecule has 0 bridgehead atoms. The van der Waals surface area contributed by atoms with Crippen LogP contribution in [0.2, 0.25) is 0 Å². The molecule has 0 radical (unpaired) electrons. The van der Waals surface area contributed by atoms with Gasteiger partial charge in [0.05, 0.1) is 18.5 Å². The van der Waals surface area contributed by atoms with Crippen molar-refractivity contribution in [2.45, 2.75) is 0 Å². The number of aliphatic hydroxyl groups is 1. The molecule has 0 amide bonds. The Morgan fingerprint density at radius 2 is 1.50 bits per heavy atom. The summed E-state index contributed by atoms with van der Waals surface area (Å²) in [5, 5.41) is 26.6. The highest BCUT2D eigenvalue weighted by Gasteiger charge is 1.71. The van der Waals surface area contributed by atoms with Crippen LogP contribution in [0, 0.1) is 0 Å². The van der Waals surface area contributed by atoms with E-state index in [1.54, 1.807) is 0 Å². The van der Waals surface area contributed by atoms with Crippen molar-refractivity contribution in [3.05, 3.63) is 24.8 Å². The Morgan fingerprint density at radius 1 is 1.25 bits per heavy atom. The van der Waals surface area contributed by atoms with Gasteiger partial charge in [0.1, 0.15) is 0 Å². The van der Waals surface area contributed by atoms with Crippen LogP contribution in [0.4, 0.5) is 0 Å². The fraction of sp³-hybridized carbons (Fsp3) is 0.143. The van der Waals surface area contributed by atoms with Crippen LogP contribution in [0.5, 0.6) is 0 Å². The molecule has 0 aliphatic rings. The Balaban J connectivity index is 0. The maximum atomic E-state index is 9.41. The Kier molecular flexibility index (Phi) is 10.2. The molecule has 0 aromatic heterocycles. The predicted molar refractivity (Wildman–Crippen MR) is 36.4 cm³/mol. The van der Waals surface area contributed by atoms with Crippen molar-refractivity contribution in [3.63, 3.8) is 0 Å². The molecule has 0 spiro atoms. The van der Waals surface area contributed by atoms with E-state index in [9.17, 15) is 19.8 Å². The van der Waals surface area contributed by atoms with Crippen LogP contribution in [0.15, 0.2) is 24.8 Å². The number of hydrogen-bond acceptors (Lipinski definition) is 5. The number of carbonyl (C=O) groups is 2. The second-order valence-corrected chi connectivity index (χ2v) is 1.44. The molecule has 5 nitrogen and oxygen atoms in total. The summed E-state index contributed by atoms with van der Waals surface area (Å²) >= 11 is 0. The van der Waals surface area contributed by atoms with Crippen LogP contribution < -0.4 is 10.2 Å². The molecule has 0 saturated carbocycles. The van der Waals surface area contributed by atoms with Crippen LogP contribution in [-0.4, -0.2) is 23.7 Å². The Bertz CT molecular complexity index is 166. The van der Waals surface area contributed by atoms with Crippen molar-refractivity contribution in [1.82, 2.24) is 0 Å². The topological polar surface area (TPSA) is 100 Å². The molecule has 0 rings (SSSR count). The number of carboxylic acid groups (broad SMARTS) is 2. The zero-order valence-electron chi connectivity index (χ0n) is 6.23. The second kappa shape index (κ2) is 9.38. The second-order valence-electron chi connectivity index (χ2n) is 1.44. The van der Waals surface area contributed by atoms with Crippen molar-refractivity contribution >= 4 is 11.9 Å². The third-order valence-corrected chi connectivity index (χ3v) is 0.485. The summed E-state index contributed by atoms with van der Waals surface area (Å²) in [7, 11) is 0. The summed E-state index contributed by atoms with van der Waals surface area (Å²) in [6.07, 6.45) is 2.20. The van der Waals surface area contributed by atoms with E-state index in [2.05, 4.69) is 6.58 Å². The first-order chi connectivity index (χ1) is 5.54. The molecule has 0 aliphatic heterocycles. The van der Waals surface area contributed by atoms with Gasteiger partial charge in [-0.25, -0.2) is 0 Å². The van der Waals surface area contributed by atoms with Crippen LogP contribution >= 0.6 is 0 Å². The molecular formula is C7H8O5-2. The van der Waals surface area contributed by atoms with Gasteiger partial charge in [0, 0.05) is 0 Å². The number of carbonyl (C=O) groups excluding carboxylic acids is 2. The maximum Gasteiger partial charge on any atom is 0.0643 e. The maximum absolute atomic E-state index is 9.41. The fourth-order valence-electron chi connectivity index (χ4n) is 0.136. The van der Waals surface area contributed by atoms with Gasteiger partial charge in [0.25, 0.3) is 0 Å². The number of rotatable bonds is 3. The first-order valence-electron chi connectivity index (χ1n) is 2.86. The zero-order valence-corrected chi connectivity index (χ0v) is 6.23. The molecule has 0 aromatic carbocycles. The lowest BCUT2D eigenvalue weighted by atomic mass is 10.5. The van der Waals surface area contributed by atoms with Gasteiger partial charge >= 0.3 is 0 Å². The van der Waals surface area contributed by atoms with E-state index in [0.717, 1.165) is 0 Å². The van der Waals surface area contributed by atoms with E-state index in [-0.39, 0.29) is 6.61 Å². The molecule has 0 unspecified atom stereocenters. The van der Waals surface area contributed by atoms with Crippen LogP contribution in [0.25, 0.3) is 0 Å². The molecule has 12 heavy (non-hydrogen) atoms. The molecule has 0 atom stereocenters. The largest absolute Gasteiger partial charge is 0.545 e. The average Bonchev–Trinajstić information content (AvgIpc) is 2.01. The van der Waals surface area contributed by atoms with Gasteiger partial charge in [-0.15, -0.1) is 6.58 Å². The van der Waals surface area contributed by atoms with E-state index in [1.807, 2.05) is 0 Å². The minimum Gasteiger partial charge on any atom is -0.545 e. The van der Waals surface area contributed by atoms with Gasteiger partial charge in [0.2, 0.25) is 0 Å². The molecule has 0 fully saturated rings. The third-order valence-electron chi connectivity index (χ3n) is 0.485. The van der Waals surface area contributed by atoms with Crippen molar-refractivity contribution in [3.8, 4) is 0 Å². The SMILES string of the molecule is C=CCO.O=C([O-])/C=C\C(=O)[O-]. The number of hydrogen-bond donors (Lipinski definition) is 1. The van der Waals surface area contributed by atoms with E-state index in [1.165, 1.54) is 6.08 Å². The van der Waals surface area contributed by atoms with Crippen LogP contribution in [0.3, 0.4) is 0 Å². The van der Waals surface area contributed by atoms with Crippen LogP contribution in [0.1, 0.15) is 0 Å². The number of aliphatic carboxylic acids is 2. The highest BCUT2D eigenvalue weighted by Crippen LogP contribution is 1.64. The normalized spacial score (nSPS) is 8.42. The van der Waals surface area contributed by atoms with E-state index in [4.69, 9.17) is 5.11 Å². The van der Waals surface area contributed by atoms with Gasteiger partial charge in [-0.2, -0.15) is 0 Å². The Labute approximate surface area is 69.3 Å². The summed E-state index contributed by atoms with van der Waals surface area (Å²) in [5.74, 6) is -3.09. The lowest BCUT2D eigenvalue weighted by Crippen LogP contribution is -2.23. The number of aliphatic hydroxyl groups excluding tert-OH is 1. The van der Waals surface area contributed by atoms with Crippen molar-refractivity contribution in [1.29, 1.82) is 0 Å². The van der Waals surface area contributed by atoms with Gasteiger partial charge in [-0.3, -0.25) is 0 Å². The first-order valence-corrected chi connectivity index (χ1v) is 2.86. The smallest absolute Gasteiger partial charge is 0.0643 e. The summed E-state index contributed by atoms with van der Waals surface area (Å²) in [6.45, 7) is 3.31. The minimum absolute atomic E-state index is 0.0833. The lowest BCUT2D eigenvalue weighted by Gasteiger charge is -1.90. The molecule has 0 saturated heterocycles. The summed E-state index contributed by atoms with van der Waals surface area (Å²) < 4.78 is 0. The Hall–Kier alpha value is -1.62. The molecule has 0 aromatic rings. The number of carboxylic acids is 2. The van der Waals surface area contributed by atoms with Gasteiger partial charge in [0.15, 0.2) is 0 Å². The predicted octanol–water partition coefficient (Wildman–Crippen LogP) is -2.79. The standard InChI is InChI=1S/C4H4O4.C3H6O/c5-3(6)1-2-4(7)8;1-2-3-4/h1-2H,(H,5,6)(H,7,8);2,4H,1,3H2/p-2/b2-1-;. The van der Waals surface area contributed by atoms with E-state index >= 15 is 0 Å². The van der Waals surface area contributed by atoms with Crippen molar-refractivity contribution in [2.75, 3.05) is 6.61 Å². The molecule has 0 heterocycles. The zero-order chi connectivity index (χ0) is 9.98. The first kappa shape index (κ1) is 13.0.